The summed E-state index contributed by atoms with van der Waals surface area (Å²) in [6.07, 6.45) is 1.98. The number of halogens is 1. The van der Waals surface area contributed by atoms with Crippen molar-refractivity contribution in [2.75, 3.05) is 26.8 Å². The maximum absolute atomic E-state index is 11.7. The third-order valence-corrected chi connectivity index (χ3v) is 4.24. The molecule has 0 radical (unpaired) electrons. The van der Waals surface area contributed by atoms with Gasteiger partial charge in [0, 0.05) is 37.8 Å². The van der Waals surface area contributed by atoms with Gasteiger partial charge in [-0.2, -0.15) is 0 Å². The molecule has 21 heavy (non-hydrogen) atoms. The van der Waals surface area contributed by atoms with Crippen LogP contribution in [0.2, 0.25) is 5.02 Å². The molecule has 1 aromatic carbocycles. The lowest BCUT2D eigenvalue weighted by atomic mass is 10.0. The smallest absolute Gasteiger partial charge is 0.248 e. The summed E-state index contributed by atoms with van der Waals surface area (Å²) in [4.78, 5) is 13.6. The number of likely N-dealkylation sites (tertiary alicyclic amines) is 1. The van der Waals surface area contributed by atoms with Crippen molar-refractivity contribution >= 4 is 17.5 Å². The van der Waals surface area contributed by atoms with Gasteiger partial charge in [0.05, 0.1) is 0 Å². The van der Waals surface area contributed by atoms with Crippen LogP contribution in [0.1, 0.15) is 24.0 Å². The largest absolute Gasteiger partial charge is 0.375 e. The van der Waals surface area contributed by atoms with E-state index in [1.165, 1.54) is 11.1 Å². The normalized spacial score (nSPS) is 16.2. The maximum atomic E-state index is 11.7. The quantitative estimate of drug-likeness (QED) is 0.908. The van der Waals surface area contributed by atoms with E-state index in [2.05, 4.69) is 18.3 Å². The number of methoxy groups -OCH3 is 1. The van der Waals surface area contributed by atoms with E-state index in [1.807, 2.05) is 17.0 Å². The molecule has 1 heterocycles. The Labute approximate surface area is 131 Å². The number of rotatable bonds is 5. The lowest BCUT2D eigenvalue weighted by Crippen LogP contribution is -2.45. The van der Waals surface area contributed by atoms with Gasteiger partial charge in [-0.15, -0.1) is 0 Å². The van der Waals surface area contributed by atoms with Crippen molar-refractivity contribution in [2.45, 2.75) is 32.4 Å². The summed E-state index contributed by atoms with van der Waals surface area (Å²) < 4.78 is 4.89. The second-order valence-corrected chi connectivity index (χ2v) is 5.98. The van der Waals surface area contributed by atoms with Crippen LogP contribution in [0.3, 0.4) is 0 Å². The van der Waals surface area contributed by atoms with Crippen LogP contribution in [0.5, 0.6) is 0 Å². The first-order valence-electron chi connectivity index (χ1n) is 7.35. The Morgan fingerprint density at radius 3 is 2.76 bits per heavy atom. The Balaban J connectivity index is 1.77. The number of carbonyl (C=O) groups excluding carboxylic acids is 1. The van der Waals surface area contributed by atoms with Crippen molar-refractivity contribution in [1.82, 2.24) is 10.2 Å². The molecule has 0 atom stereocenters. The third kappa shape index (κ3) is 4.70. The fourth-order valence-electron chi connectivity index (χ4n) is 2.66. The van der Waals surface area contributed by atoms with Gasteiger partial charge in [0.1, 0.15) is 6.61 Å². The highest BCUT2D eigenvalue weighted by Gasteiger charge is 2.22. The van der Waals surface area contributed by atoms with Gasteiger partial charge < -0.3 is 15.0 Å². The lowest BCUT2D eigenvalue weighted by Gasteiger charge is -2.32. The number of hydrogen-bond donors (Lipinski definition) is 1. The SMILES string of the molecule is COCC(=O)N1CCC(NCc2ccc(Cl)cc2C)CC1. The molecule has 1 N–H and O–H groups in total. The Bertz CT molecular complexity index is 485. The van der Waals surface area contributed by atoms with Crippen molar-refractivity contribution in [2.24, 2.45) is 0 Å². The molecule has 5 heteroatoms. The molecule has 1 aliphatic rings. The highest BCUT2D eigenvalue weighted by Crippen LogP contribution is 2.16. The van der Waals surface area contributed by atoms with E-state index in [-0.39, 0.29) is 12.5 Å². The van der Waals surface area contributed by atoms with Crippen LogP contribution < -0.4 is 5.32 Å². The molecule has 116 valence electrons. The molecule has 1 aliphatic heterocycles. The minimum atomic E-state index is 0.0875. The molecule has 0 aromatic heterocycles. The summed E-state index contributed by atoms with van der Waals surface area (Å²) in [5.74, 6) is 0.0875. The third-order valence-electron chi connectivity index (χ3n) is 4.00. The zero-order valence-corrected chi connectivity index (χ0v) is 13.4. The molecule has 0 spiro atoms. The molecular weight excluding hydrogens is 288 g/mol. The van der Waals surface area contributed by atoms with Crippen molar-refractivity contribution in [3.8, 4) is 0 Å². The molecule has 0 bridgehead atoms. The van der Waals surface area contributed by atoms with Gasteiger partial charge in [-0.3, -0.25) is 4.79 Å². The molecule has 1 saturated heterocycles. The van der Waals surface area contributed by atoms with Crippen LogP contribution in [-0.4, -0.2) is 43.7 Å². The highest BCUT2D eigenvalue weighted by molar-refractivity contribution is 6.30. The average molecular weight is 311 g/mol. The summed E-state index contributed by atoms with van der Waals surface area (Å²) >= 11 is 5.97. The number of benzene rings is 1. The molecule has 0 unspecified atom stereocenters. The van der Waals surface area contributed by atoms with Crippen LogP contribution in [-0.2, 0) is 16.1 Å². The van der Waals surface area contributed by atoms with Gasteiger partial charge in [0.2, 0.25) is 5.91 Å². The monoisotopic (exact) mass is 310 g/mol. The number of piperidine rings is 1. The Morgan fingerprint density at radius 2 is 2.14 bits per heavy atom. The standard InChI is InChI=1S/C16H23ClN2O2/c1-12-9-14(17)4-3-13(12)10-18-15-5-7-19(8-6-15)16(20)11-21-2/h3-4,9,15,18H,5-8,10-11H2,1-2H3. The summed E-state index contributed by atoms with van der Waals surface area (Å²) in [5.41, 5.74) is 2.49. The fourth-order valence-corrected chi connectivity index (χ4v) is 2.89. The summed E-state index contributed by atoms with van der Waals surface area (Å²) in [6, 6.07) is 6.45. The Morgan fingerprint density at radius 1 is 1.43 bits per heavy atom. The van der Waals surface area contributed by atoms with Crippen LogP contribution in [0.15, 0.2) is 18.2 Å². The first-order chi connectivity index (χ1) is 10.1. The van der Waals surface area contributed by atoms with Gasteiger partial charge in [0.25, 0.3) is 0 Å². The van der Waals surface area contributed by atoms with E-state index in [0.717, 1.165) is 37.5 Å². The van der Waals surface area contributed by atoms with E-state index in [0.29, 0.717) is 6.04 Å². The van der Waals surface area contributed by atoms with E-state index in [4.69, 9.17) is 16.3 Å². The highest BCUT2D eigenvalue weighted by atomic mass is 35.5. The minimum absolute atomic E-state index is 0.0875. The number of amides is 1. The maximum Gasteiger partial charge on any atom is 0.248 e. The fraction of sp³-hybridized carbons (Fsp3) is 0.562. The topological polar surface area (TPSA) is 41.6 Å². The first kappa shape index (κ1) is 16.3. The van der Waals surface area contributed by atoms with E-state index in [1.54, 1.807) is 7.11 Å². The van der Waals surface area contributed by atoms with Crippen molar-refractivity contribution in [1.29, 1.82) is 0 Å². The van der Waals surface area contributed by atoms with Gasteiger partial charge >= 0.3 is 0 Å². The molecule has 2 rings (SSSR count). The second-order valence-electron chi connectivity index (χ2n) is 5.54. The zero-order valence-electron chi connectivity index (χ0n) is 12.7. The van der Waals surface area contributed by atoms with Crippen LogP contribution in [0, 0.1) is 6.92 Å². The minimum Gasteiger partial charge on any atom is -0.375 e. The van der Waals surface area contributed by atoms with Gasteiger partial charge in [-0.25, -0.2) is 0 Å². The number of nitrogens with one attached hydrogen (secondary N) is 1. The molecule has 1 aromatic rings. The molecule has 0 aliphatic carbocycles. The van der Waals surface area contributed by atoms with Gasteiger partial charge in [0.15, 0.2) is 0 Å². The van der Waals surface area contributed by atoms with Crippen molar-refractivity contribution in [3.05, 3.63) is 34.3 Å². The average Bonchev–Trinajstić information content (AvgIpc) is 2.47. The van der Waals surface area contributed by atoms with E-state index < -0.39 is 0 Å². The predicted molar refractivity (Wildman–Crippen MR) is 84.5 cm³/mol. The van der Waals surface area contributed by atoms with E-state index in [9.17, 15) is 4.79 Å². The summed E-state index contributed by atoms with van der Waals surface area (Å²) in [7, 11) is 1.56. The number of carbonyl (C=O) groups is 1. The zero-order chi connectivity index (χ0) is 15.2. The van der Waals surface area contributed by atoms with Crippen LogP contribution >= 0.6 is 11.6 Å². The van der Waals surface area contributed by atoms with Crippen molar-refractivity contribution in [3.63, 3.8) is 0 Å². The predicted octanol–water partition coefficient (Wildman–Crippen LogP) is 2.38. The first-order valence-corrected chi connectivity index (χ1v) is 7.73. The number of hydrogen-bond acceptors (Lipinski definition) is 3. The molecular formula is C16H23ClN2O2. The molecule has 1 fully saturated rings. The molecule has 0 saturated carbocycles. The number of aryl methyl sites for hydroxylation is 1. The molecule has 4 nitrogen and oxygen atoms in total. The van der Waals surface area contributed by atoms with Gasteiger partial charge in [-0.1, -0.05) is 17.7 Å². The Hall–Kier alpha value is -1.10. The van der Waals surface area contributed by atoms with Crippen LogP contribution in [0.4, 0.5) is 0 Å². The summed E-state index contributed by atoms with van der Waals surface area (Å²) in [6.45, 7) is 4.72. The lowest BCUT2D eigenvalue weighted by molar-refractivity contribution is -0.136. The van der Waals surface area contributed by atoms with Gasteiger partial charge in [-0.05, 0) is 43.0 Å². The summed E-state index contributed by atoms with van der Waals surface area (Å²) in [5, 5.41) is 4.36. The second kappa shape index (κ2) is 7.78. The van der Waals surface area contributed by atoms with Crippen molar-refractivity contribution < 1.29 is 9.53 Å². The number of nitrogens with zero attached hydrogens (tertiary/aromatic N) is 1. The van der Waals surface area contributed by atoms with Crippen LogP contribution in [0.25, 0.3) is 0 Å². The number of ether oxygens (including phenoxy) is 1. The van der Waals surface area contributed by atoms with E-state index >= 15 is 0 Å². The Kier molecular flexibility index (Phi) is 6.03. The molecule has 1 amide bonds.